The fraction of sp³-hybridized carbons (Fsp3) is 0.300. The lowest BCUT2D eigenvalue weighted by Gasteiger charge is -1.98. The minimum absolute atomic E-state index is 0.190. The molecule has 0 saturated carbocycles. The van der Waals surface area contributed by atoms with Crippen molar-refractivity contribution < 1.29 is 38.9 Å². The average Bonchev–Trinajstić information content (AvgIpc) is 2.70. The zero-order valence-electron chi connectivity index (χ0n) is 16.1. The van der Waals surface area contributed by atoms with Crippen LogP contribution in [0.1, 0.15) is 47.4 Å². The highest BCUT2D eigenvalue weighted by atomic mass is 16.5. The Balaban J connectivity index is 0. The number of ether oxygens (including phenoxy) is 2. The summed E-state index contributed by atoms with van der Waals surface area (Å²) >= 11 is 0. The van der Waals surface area contributed by atoms with Crippen LogP contribution in [0.15, 0.2) is 49.6 Å². The zero-order chi connectivity index (χ0) is 21.9. The van der Waals surface area contributed by atoms with Gasteiger partial charge in [0.15, 0.2) is 0 Å². The Morgan fingerprint density at radius 3 is 1.36 bits per heavy atom. The van der Waals surface area contributed by atoms with Gasteiger partial charge >= 0.3 is 23.9 Å². The van der Waals surface area contributed by atoms with E-state index in [9.17, 15) is 19.2 Å². The minimum Gasteiger partial charge on any atom is -0.478 e. The van der Waals surface area contributed by atoms with Gasteiger partial charge in [0.1, 0.15) is 0 Å². The summed E-state index contributed by atoms with van der Waals surface area (Å²) in [5, 5.41) is 17.1. The van der Waals surface area contributed by atoms with Crippen LogP contribution in [0.3, 0.4) is 0 Å². The van der Waals surface area contributed by atoms with Gasteiger partial charge in [-0.3, -0.25) is 0 Å². The molecule has 0 atom stereocenters. The van der Waals surface area contributed by atoms with Gasteiger partial charge in [0.05, 0.1) is 24.3 Å². The summed E-state index contributed by atoms with van der Waals surface area (Å²) in [7, 11) is 0. The van der Waals surface area contributed by atoms with Crippen LogP contribution in [0.25, 0.3) is 0 Å². The van der Waals surface area contributed by atoms with Crippen LogP contribution in [0.2, 0.25) is 0 Å². The molecule has 0 fully saturated rings. The molecule has 1 aromatic carbocycles. The van der Waals surface area contributed by atoms with E-state index >= 15 is 0 Å². The van der Waals surface area contributed by atoms with Gasteiger partial charge in [-0.15, -0.1) is 0 Å². The monoisotopic (exact) mass is 394 g/mol. The second-order valence-corrected chi connectivity index (χ2v) is 4.90. The van der Waals surface area contributed by atoms with Crippen molar-refractivity contribution in [2.24, 2.45) is 0 Å². The standard InChI is InChI=1S/C8H6O4.2C6H10O2/c9-7(10)5-3-1-2-4-6(5)8(11)12;2*1-3-5-8-6(7)4-2/h1-4H,(H,9,10)(H,11,12);2*4H,2-3,5H2,1H3. The third kappa shape index (κ3) is 13.8. The van der Waals surface area contributed by atoms with E-state index in [2.05, 4.69) is 22.6 Å². The van der Waals surface area contributed by atoms with Crippen molar-refractivity contribution >= 4 is 23.9 Å². The summed E-state index contributed by atoms with van der Waals surface area (Å²) in [6.45, 7) is 11.3. The first-order chi connectivity index (χ1) is 13.2. The first-order valence-corrected chi connectivity index (χ1v) is 8.38. The molecule has 0 amide bonds. The Labute approximate surface area is 164 Å². The molecule has 2 N–H and O–H groups in total. The maximum atomic E-state index is 10.5. The molecule has 0 aromatic heterocycles. The maximum Gasteiger partial charge on any atom is 0.336 e. The van der Waals surface area contributed by atoms with E-state index < -0.39 is 11.9 Å². The van der Waals surface area contributed by atoms with Gasteiger partial charge in [-0.1, -0.05) is 39.1 Å². The topological polar surface area (TPSA) is 127 Å². The third-order valence-electron chi connectivity index (χ3n) is 2.62. The molecule has 0 unspecified atom stereocenters. The molecule has 0 aliphatic carbocycles. The number of carbonyl (C=O) groups excluding carboxylic acids is 2. The summed E-state index contributed by atoms with van der Waals surface area (Å²) < 4.78 is 9.17. The second-order valence-electron chi connectivity index (χ2n) is 4.90. The van der Waals surface area contributed by atoms with Crippen molar-refractivity contribution in [1.29, 1.82) is 0 Å². The highest BCUT2D eigenvalue weighted by molar-refractivity contribution is 6.01. The predicted octanol–water partition coefficient (Wildman–Crippen LogP) is 3.33. The number of benzene rings is 1. The van der Waals surface area contributed by atoms with E-state index in [1.54, 1.807) is 0 Å². The van der Waals surface area contributed by atoms with Crippen molar-refractivity contribution in [3.05, 3.63) is 60.7 Å². The van der Waals surface area contributed by atoms with Crippen LogP contribution in [-0.4, -0.2) is 47.3 Å². The van der Waals surface area contributed by atoms with Gasteiger partial charge < -0.3 is 19.7 Å². The molecule has 1 aromatic rings. The molecule has 0 spiro atoms. The van der Waals surface area contributed by atoms with E-state index in [1.165, 1.54) is 24.3 Å². The van der Waals surface area contributed by atoms with E-state index in [4.69, 9.17) is 10.2 Å². The van der Waals surface area contributed by atoms with Crippen LogP contribution in [0.5, 0.6) is 0 Å². The van der Waals surface area contributed by atoms with Crippen molar-refractivity contribution in [1.82, 2.24) is 0 Å². The number of carbonyl (C=O) groups is 4. The van der Waals surface area contributed by atoms with Gasteiger partial charge in [-0.2, -0.15) is 0 Å². The van der Waals surface area contributed by atoms with E-state index in [0.717, 1.165) is 25.0 Å². The lowest BCUT2D eigenvalue weighted by Crippen LogP contribution is -2.06. The number of hydrogen-bond acceptors (Lipinski definition) is 6. The minimum atomic E-state index is -1.23. The first kappa shape index (κ1) is 26.8. The van der Waals surface area contributed by atoms with Gasteiger partial charge in [0.2, 0.25) is 0 Å². The van der Waals surface area contributed by atoms with Gasteiger partial charge in [-0.25, -0.2) is 19.2 Å². The van der Waals surface area contributed by atoms with Crippen LogP contribution >= 0.6 is 0 Å². The van der Waals surface area contributed by atoms with Crippen molar-refractivity contribution in [2.45, 2.75) is 26.7 Å². The Morgan fingerprint density at radius 1 is 0.821 bits per heavy atom. The molecular weight excluding hydrogens is 368 g/mol. The highest BCUT2D eigenvalue weighted by Gasteiger charge is 2.13. The largest absolute Gasteiger partial charge is 0.478 e. The van der Waals surface area contributed by atoms with Gasteiger partial charge in [0.25, 0.3) is 0 Å². The number of carboxylic acid groups (broad SMARTS) is 2. The van der Waals surface area contributed by atoms with Crippen molar-refractivity contribution in [2.75, 3.05) is 13.2 Å². The summed E-state index contributed by atoms with van der Waals surface area (Å²) in [4.78, 5) is 41.4. The van der Waals surface area contributed by atoms with Gasteiger partial charge in [0, 0.05) is 12.2 Å². The molecule has 0 radical (unpaired) electrons. The molecule has 0 aliphatic heterocycles. The van der Waals surface area contributed by atoms with E-state index in [-0.39, 0.29) is 23.1 Å². The van der Waals surface area contributed by atoms with Crippen LogP contribution in [-0.2, 0) is 19.1 Å². The molecule has 8 nitrogen and oxygen atoms in total. The Morgan fingerprint density at radius 2 is 1.14 bits per heavy atom. The van der Waals surface area contributed by atoms with Crippen LogP contribution < -0.4 is 0 Å². The van der Waals surface area contributed by atoms with Crippen molar-refractivity contribution in [3.8, 4) is 0 Å². The Bertz CT molecular complexity index is 607. The molecule has 0 saturated heterocycles. The number of esters is 2. The third-order valence-corrected chi connectivity index (χ3v) is 2.62. The summed E-state index contributed by atoms with van der Waals surface area (Å²) in [6, 6.07) is 5.48. The maximum absolute atomic E-state index is 10.5. The molecule has 154 valence electrons. The molecule has 1 rings (SSSR count). The Hall–Kier alpha value is -3.42. The highest BCUT2D eigenvalue weighted by Crippen LogP contribution is 2.07. The molecular formula is C20H26O8. The van der Waals surface area contributed by atoms with Crippen LogP contribution in [0, 0.1) is 0 Å². The first-order valence-electron chi connectivity index (χ1n) is 8.38. The number of hydrogen-bond donors (Lipinski definition) is 2. The SMILES string of the molecule is C=CC(=O)OCCC.C=CC(=O)OCCC.O=C(O)c1ccccc1C(=O)O. The lowest BCUT2D eigenvalue weighted by molar-refractivity contribution is -0.138. The fourth-order valence-electron chi connectivity index (χ4n) is 1.38. The zero-order valence-corrected chi connectivity index (χ0v) is 16.1. The predicted molar refractivity (Wildman–Crippen MR) is 103 cm³/mol. The lowest BCUT2D eigenvalue weighted by atomic mass is 10.1. The average molecular weight is 394 g/mol. The second kappa shape index (κ2) is 17.0. The summed E-state index contributed by atoms with van der Waals surface area (Å²) in [6.07, 6.45) is 4.05. The van der Waals surface area contributed by atoms with E-state index in [1.807, 2.05) is 13.8 Å². The normalized spacial score (nSPS) is 8.64. The fourth-order valence-corrected chi connectivity index (χ4v) is 1.38. The number of carboxylic acids is 2. The molecule has 28 heavy (non-hydrogen) atoms. The summed E-state index contributed by atoms with van der Waals surface area (Å²) in [5.41, 5.74) is -0.380. The number of rotatable bonds is 8. The Kier molecular flexibility index (Phi) is 16.3. The smallest absolute Gasteiger partial charge is 0.336 e. The number of aromatic carboxylic acids is 2. The summed E-state index contributed by atoms with van der Waals surface area (Å²) in [5.74, 6) is -3.14. The van der Waals surface area contributed by atoms with Gasteiger partial charge in [-0.05, 0) is 25.0 Å². The van der Waals surface area contributed by atoms with Crippen LogP contribution in [0.4, 0.5) is 0 Å². The molecule has 0 heterocycles. The molecule has 0 aliphatic rings. The molecule has 8 heteroatoms. The van der Waals surface area contributed by atoms with Crippen molar-refractivity contribution in [3.63, 3.8) is 0 Å². The van der Waals surface area contributed by atoms with E-state index in [0.29, 0.717) is 13.2 Å². The quantitative estimate of drug-likeness (QED) is 0.508. The molecule has 0 bridgehead atoms.